The Bertz CT molecular complexity index is 354. The maximum Gasteiger partial charge on any atom is 0.140 e. The van der Waals surface area contributed by atoms with Gasteiger partial charge in [0, 0.05) is 17.2 Å². The van der Waals surface area contributed by atoms with E-state index < -0.39 is 0 Å². The lowest BCUT2D eigenvalue weighted by Gasteiger charge is -2.22. The summed E-state index contributed by atoms with van der Waals surface area (Å²) >= 11 is 8.98. The van der Waals surface area contributed by atoms with Crippen molar-refractivity contribution >= 4 is 49.4 Å². The molecule has 0 saturated carbocycles. The molecule has 0 spiro atoms. The maximum absolute atomic E-state index is 4.35. The number of nitrogens with one attached hydrogen (secondary N) is 1. The third-order valence-electron chi connectivity index (χ3n) is 2.71. The highest BCUT2D eigenvalue weighted by Crippen LogP contribution is 2.26. The number of aromatic nitrogens is 1. The standard InChI is InChI=1S/C11H14Br2N2S/c12-9-5-10(13)11(15-7-9)14-6-8-1-3-16-4-2-8/h5,7-8H,1-4,6H2,(H,14,15). The van der Waals surface area contributed by atoms with Crippen LogP contribution in [0.15, 0.2) is 21.2 Å². The minimum absolute atomic E-state index is 0.804. The number of halogens is 2. The van der Waals surface area contributed by atoms with Gasteiger partial charge in [0.1, 0.15) is 5.82 Å². The quantitative estimate of drug-likeness (QED) is 0.870. The van der Waals surface area contributed by atoms with E-state index in [0.717, 1.165) is 27.2 Å². The lowest BCUT2D eigenvalue weighted by molar-refractivity contribution is 0.515. The lowest BCUT2D eigenvalue weighted by Crippen LogP contribution is -2.19. The molecule has 1 aromatic rings. The van der Waals surface area contributed by atoms with Crippen LogP contribution in [0.5, 0.6) is 0 Å². The highest BCUT2D eigenvalue weighted by atomic mass is 79.9. The zero-order valence-electron chi connectivity index (χ0n) is 8.88. The molecule has 88 valence electrons. The summed E-state index contributed by atoms with van der Waals surface area (Å²) in [4.78, 5) is 4.35. The van der Waals surface area contributed by atoms with Crippen LogP contribution in [0.2, 0.25) is 0 Å². The fraction of sp³-hybridized carbons (Fsp3) is 0.545. The second-order valence-electron chi connectivity index (χ2n) is 3.92. The van der Waals surface area contributed by atoms with E-state index in [9.17, 15) is 0 Å². The molecule has 1 fully saturated rings. The maximum atomic E-state index is 4.35. The zero-order chi connectivity index (χ0) is 11.4. The molecule has 2 nitrogen and oxygen atoms in total. The van der Waals surface area contributed by atoms with Crippen molar-refractivity contribution in [2.75, 3.05) is 23.4 Å². The monoisotopic (exact) mass is 364 g/mol. The number of rotatable bonds is 3. The van der Waals surface area contributed by atoms with Crippen LogP contribution in [0.4, 0.5) is 5.82 Å². The molecule has 1 N–H and O–H groups in total. The van der Waals surface area contributed by atoms with Gasteiger partial charge in [0.25, 0.3) is 0 Å². The Labute approximate surface area is 117 Å². The molecule has 2 rings (SSSR count). The Morgan fingerprint density at radius 3 is 2.81 bits per heavy atom. The van der Waals surface area contributed by atoms with E-state index in [4.69, 9.17) is 0 Å². The fourth-order valence-corrected chi connectivity index (χ4v) is 4.07. The van der Waals surface area contributed by atoms with Gasteiger partial charge in [-0.3, -0.25) is 0 Å². The van der Waals surface area contributed by atoms with E-state index in [0.29, 0.717) is 0 Å². The van der Waals surface area contributed by atoms with Crippen molar-refractivity contribution in [3.05, 3.63) is 21.2 Å². The van der Waals surface area contributed by atoms with Crippen LogP contribution in [-0.4, -0.2) is 23.0 Å². The van der Waals surface area contributed by atoms with Gasteiger partial charge in [-0.2, -0.15) is 11.8 Å². The van der Waals surface area contributed by atoms with Crippen LogP contribution in [0.1, 0.15) is 12.8 Å². The molecule has 1 saturated heterocycles. The summed E-state index contributed by atoms with van der Waals surface area (Å²) in [6.07, 6.45) is 4.47. The van der Waals surface area contributed by atoms with Gasteiger partial charge >= 0.3 is 0 Å². The van der Waals surface area contributed by atoms with Gasteiger partial charge in [0.2, 0.25) is 0 Å². The number of nitrogens with zero attached hydrogens (tertiary/aromatic N) is 1. The van der Waals surface area contributed by atoms with Gasteiger partial charge in [-0.25, -0.2) is 4.98 Å². The second-order valence-corrected chi connectivity index (χ2v) is 6.92. The largest absolute Gasteiger partial charge is 0.369 e. The highest BCUT2D eigenvalue weighted by Gasteiger charge is 2.13. The van der Waals surface area contributed by atoms with Crippen LogP contribution in [0, 0.1) is 5.92 Å². The molecule has 2 heterocycles. The Morgan fingerprint density at radius 2 is 2.12 bits per heavy atom. The van der Waals surface area contributed by atoms with E-state index in [2.05, 4.69) is 53.9 Å². The fourth-order valence-electron chi connectivity index (χ4n) is 1.74. The first-order valence-electron chi connectivity index (χ1n) is 5.38. The molecule has 0 radical (unpaired) electrons. The van der Waals surface area contributed by atoms with Crippen LogP contribution in [0.25, 0.3) is 0 Å². The number of anilines is 1. The van der Waals surface area contributed by atoms with Gasteiger partial charge in [-0.1, -0.05) is 0 Å². The topological polar surface area (TPSA) is 24.9 Å². The molecular weight excluding hydrogens is 352 g/mol. The van der Waals surface area contributed by atoms with Gasteiger partial charge in [0.05, 0.1) is 4.47 Å². The first kappa shape index (κ1) is 12.7. The van der Waals surface area contributed by atoms with Crippen molar-refractivity contribution in [1.29, 1.82) is 0 Å². The predicted molar refractivity (Wildman–Crippen MR) is 78.2 cm³/mol. The Balaban J connectivity index is 1.88. The van der Waals surface area contributed by atoms with Gasteiger partial charge in [0.15, 0.2) is 0 Å². The molecule has 0 atom stereocenters. The summed E-state index contributed by atoms with van der Waals surface area (Å²) in [7, 11) is 0. The average molecular weight is 366 g/mol. The zero-order valence-corrected chi connectivity index (χ0v) is 12.9. The molecule has 0 aliphatic carbocycles. The minimum atomic E-state index is 0.804. The molecule has 1 aliphatic heterocycles. The van der Waals surface area contributed by atoms with Crippen LogP contribution < -0.4 is 5.32 Å². The van der Waals surface area contributed by atoms with E-state index in [1.54, 1.807) is 0 Å². The summed E-state index contributed by atoms with van der Waals surface area (Å²) in [6, 6.07) is 2.02. The van der Waals surface area contributed by atoms with Gasteiger partial charge < -0.3 is 5.32 Å². The van der Waals surface area contributed by atoms with Gasteiger partial charge in [-0.15, -0.1) is 0 Å². The number of thioether (sulfide) groups is 1. The number of pyridine rings is 1. The van der Waals surface area contributed by atoms with Crippen LogP contribution >= 0.6 is 43.6 Å². The smallest absolute Gasteiger partial charge is 0.140 e. The Morgan fingerprint density at radius 1 is 1.38 bits per heavy atom. The second kappa shape index (κ2) is 6.26. The molecule has 0 bridgehead atoms. The molecule has 16 heavy (non-hydrogen) atoms. The molecule has 0 amide bonds. The van der Waals surface area contributed by atoms with E-state index in [1.165, 1.54) is 24.3 Å². The highest BCUT2D eigenvalue weighted by molar-refractivity contribution is 9.11. The van der Waals surface area contributed by atoms with Crippen LogP contribution in [-0.2, 0) is 0 Å². The molecule has 0 aromatic carbocycles. The summed E-state index contributed by atoms with van der Waals surface area (Å²) in [5.74, 6) is 4.36. The summed E-state index contributed by atoms with van der Waals surface area (Å²) < 4.78 is 2.02. The Hall–Kier alpha value is 0.260. The molecule has 1 aromatic heterocycles. The summed E-state index contributed by atoms with van der Waals surface area (Å²) in [6.45, 7) is 1.04. The lowest BCUT2D eigenvalue weighted by atomic mass is 10.0. The van der Waals surface area contributed by atoms with E-state index in [1.807, 2.05) is 12.3 Å². The predicted octanol–water partition coefficient (Wildman–Crippen LogP) is 4.16. The summed E-state index contributed by atoms with van der Waals surface area (Å²) in [5, 5.41) is 3.42. The van der Waals surface area contributed by atoms with Crippen molar-refractivity contribution < 1.29 is 0 Å². The summed E-state index contributed by atoms with van der Waals surface area (Å²) in [5.41, 5.74) is 0. The molecule has 5 heteroatoms. The first-order valence-corrected chi connectivity index (χ1v) is 8.12. The molecular formula is C11H14Br2N2S. The third kappa shape index (κ3) is 3.64. The average Bonchev–Trinajstić information content (AvgIpc) is 2.29. The SMILES string of the molecule is Brc1cnc(NCC2CCSCC2)c(Br)c1. The van der Waals surface area contributed by atoms with Crippen molar-refractivity contribution in [3.63, 3.8) is 0 Å². The Kier molecular flexibility index (Phi) is 4.97. The molecule has 1 aliphatic rings. The third-order valence-corrected chi connectivity index (χ3v) is 4.79. The van der Waals surface area contributed by atoms with Crippen molar-refractivity contribution in [2.45, 2.75) is 12.8 Å². The van der Waals surface area contributed by atoms with Crippen LogP contribution in [0.3, 0.4) is 0 Å². The van der Waals surface area contributed by atoms with Crippen molar-refractivity contribution in [3.8, 4) is 0 Å². The van der Waals surface area contributed by atoms with E-state index in [-0.39, 0.29) is 0 Å². The van der Waals surface area contributed by atoms with E-state index >= 15 is 0 Å². The molecule has 0 unspecified atom stereocenters. The van der Waals surface area contributed by atoms with Crippen molar-refractivity contribution in [2.24, 2.45) is 5.92 Å². The van der Waals surface area contributed by atoms with Gasteiger partial charge in [-0.05, 0) is 68.2 Å². The number of hydrogen-bond acceptors (Lipinski definition) is 3. The minimum Gasteiger partial charge on any atom is -0.369 e. The van der Waals surface area contributed by atoms with Crippen molar-refractivity contribution in [1.82, 2.24) is 4.98 Å². The number of hydrogen-bond donors (Lipinski definition) is 1. The normalized spacial score (nSPS) is 17.4. The first-order chi connectivity index (χ1) is 7.75.